The first-order valence-electron chi connectivity index (χ1n) is 6.01. The topological polar surface area (TPSA) is 55.5 Å². The third kappa shape index (κ3) is 3.31. The van der Waals surface area contributed by atoms with Crippen molar-refractivity contribution in [3.63, 3.8) is 0 Å². The van der Waals surface area contributed by atoms with Crippen LogP contribution in [0.15, 0.2) is 42.5 Å². The third-order valence-electron chi connectivity index (χ3n) is 2.82. The van der Waals surface area contributed by atoms with Crippen LogP contribution in [0.2, 0.25) is 0 Å². The van der Waals surface area contributed by atoms with E-state index in [-0.39, 0.29) is 23.8 Å². The molecule has 0 spiro atoms. The highest BCUT2D eigenvalue weighted by Crippen LogP contribution is 2.22. The maximum Gasteiger partial charge on any atom is 0.137 e. The van der Waals surface area contributed by atoms with E-state index >= 15 is 0 Å². The first kappa shape index (κ1) is 14.4. The van der Waals surface area contributed by atoms with Gasteiger partial charge in [0.05, 0.1) is 12.2 Å². The summed E-state index contributed by atoms with van der Waals surface area (Å²) in [5.41, 5.74) is 7.35. The van der Waals surface area contributed by atoms with Gasteiger partial charge in [0, 0.05) is 0 Å². The van der Waals surface area contributed by atoms with Gasteiger partial charge in [-0.2, -0.15) is 0 Å². The van der Waals surface area contributed by atoms with Gasteiger partial charge in [-0.3, -0.25) is 0 Å². The minimum absolute atomic E-state index is 0.00335. The molecule has 20 heavy (non-hydrogen) atoms. The summed E-state index contributed by atoms with van der Waals surface area (Å²) in [6.45, 7) is 0.265. The lowest BCUT2D eigenvalue weighted by Gasteiger charge is -2.11. The van der Waals surface area contributed by atoms with Crippen molar-refractivity contribution in [3.05, 3.63) is 65.0 Å². The van der Waals surface area contributed by atoms with Gasteiger partial charge in [-0.1, -0.05) is 42.5 Å². The lowest BCUT2D eigenvalue weighted by atomic mass is 10.1. The highest BCUT2D eigenvalue weighted by atomic mass is 32.1. The molecule has 0 saturated heterocycles. The van der Waals surface area contributed by atoms with Gasteiger partial charge in [-0.25, -0.2) is 4.39 Å². The van der Waals surface area contributed by atoms with Crippen molar-refractivity contribution in [2.24, 2.45) is 5.73 Å². The van der Waals surface area contributed by atoms with E-state index in [4.69, 9.17) is 27.8 Å². The Morgan fingerprint density at radius 3 is 2.40 bits per heavy atom. The number of rotatable bonds is 5. The van der Waals surface area contributed by atoms with E-state index in [1.165, 1.54) is 6.07 Å². The first-order chi connectivity index (χ1) is 9.61. The zero-order valence-corrected chi connectivity index (χ0v) is 11.5. The van der Waals surface area contributed by atoms with Gasteiger partial charge >= 0.3 is 0 Å². The molecular formula is C15H14FNO2S. The van der Waals surface area contributed by atoms with Crippen LogP contribution >= 0.6 is 12.2 Å². The van der Waals surface area contributed by atoms with Gasteiger partial charge in [0.1, 0.15) is 23.2 Å². The number of hydrogen-bond donors (Lipinski definition) is 2. The zero-order chi connectivity index (χ0) is 14.5. The minimum Gasteiger partial charge on any atom is -0.488 e. The molecular weight excluding hydrogens is 277 g/mol. The molecule has 0 unspecified atom stereocenters. The fraction of sp³-hybridized carbons (Fsp3) is 0.133. The van der Waals surface area contributed by atoms with E-state index in [1.807, 2.05) is 12.1 Å². The van der Waals surface area contributed by atoms with Gasteiger partial charge < -0.3 is 15.6 Å². The second kappa shape index (κ2) is 6.45. The van der Waals surface area contributed by atoms with Gasteiger partial charge in [0.25, 0.3) is 0 Å². The summed E-state index contributed by atoms with van der Waals surface area (Å²) in [6, 6.07) is 11.7. The molecule has 0 saturated carbocycles. The van der Waals surface area contributed by atoms with Crippen molar-refractivity contribution in [1.29, 1.82) is 0 Å². The smallest absolute Gasteiger partial charge is 0.137 e. The number of aliphatic hydroxyl groups is 1. The molecule has 0 radical (unpaired) electrons. The quantitative estimate of drug-likeness (QED) is 0.831. The molecule has 0 aliphatic rings. The molecule has 3 N–H and O–H groups in total. The number of thiocarbonyl (C=S) groups is 1. The third-order valence-corrected chi connectivity index (χ3v) is 3.03. The van der Waals surface area contributed by atoms with Crippen LogP contribution < -0.4 is 10.5 Å². The highest BCUT2D eigenvalue weighted by molar-refractivity contribution is 7.80. The maximum absolute atomic E-state index is 13.7. The number of hydrogen-bond acceptors (Lipinski definition) is 3. The molecule has 2 aromatic carbocycles. The van der Waals surface area contributed by atoms with Crippen molar-refractivity contribution >= 4 is 17.2 Å². The molecule has 2 rings (SSSR count). The summed E-state index contributed by atoms with van der Waals surface area (Å²) in [4.78, 5) is -0.0336. The van der Waals surface area contributed by atoms with Gasteiger partial charge in [-0.05, 0) is 23.3 Å². The lowest BCUT2D eigenvalue weighted by molar-refractivity contribution is 0.281. The van der Waals surface area contributed by atoms with Crippen molar-refractivity contribution in [2.45, 2.75) is 13.2 Å². The zero-order valence-electron chi connectivity index (χ0n) is 10.7. The monoisotopic (exact) mass is 291 g/mol. The summed E-state index contributed by atoms with van der Waals surface area (Å²) < 4.78 is 19.2. The Hall–Kier alpha value is -1.98. The number of ether oxygens (including phenoxy) is 1. The Labute approximate surface area is 121 Å². The molecule has 0 amide bonds. The van der Waals surface area contributed by atoms with Crippen LogP contribution in [-0.2, 0) is 13.2 Å². The van der Waals surface area contributed by atoms with E-state index in [0.29, 0.717) is 5.75 Å². The fourth-order valence-electron chi connectivity index (χ4n) is 1.77. The SMILES string of the molecule is NC(=S)c1c(F)cccc1OCc1ccc(CO)cc1. The molecule has 5 heteroatoms. The van der Waals surface area contributed by atoms with Crippen LogP contribution in [0.5, 0.6) is 5.75 Å². The second-order valence-electron chi connectivity index (χ2n) is 4.24. The molecule has 0 bridgehead atoms. The van der Waals surface area contributed by atoms with Gasteiger partial charge in [0.2, 0.25) is 0 Å². The Kier molecular flexibility index (Phi) is 4.65. The largest absolute Gasteiger partial charge is 0.488 e. The van der Waals surface area contributed by atoms with Crippen molar-refractivity contribution in [2.75, 3.05) is 0 Å². The molecule has 0 heterocycles. The van der Waals surface area contributed by atoms with Crippen LogP contribution in [0.25, 0.3) is 0 Å². The maximum atomic E-state index is 13.7. The molecule has 2 aromatic rings. The molecule has 0 aliphatic heterocycles. The van der Waals surface area contributed by atoms with E-state index < -0.39 is 5.82 Å². The number of benzene rings is 2. The van der Waals surface area contributed by atoms with E-state index in [2.05, 4.69) is 0 Å². The summed E-state index contributed by atoms with van der Waals surface area (Å²) in [7, 11) is 0. The lowest BCUT2D eigenvalue weighted by Crippen LogP contribution is -2.14. The molecule has 0 fully saturated rings. The number of aliphatic hydroxyl groups excluding tert-OH is 1. The Morgan fingerprint density at radius 1 is 1.15 bits per heavy atom. The highest BCUT2D eigenvalue weighted by Gasteiger charge is 2.12. The van der Waals surface area contributed by atoms with Gasteiger partial charge in [-0.15, -0.1) is 0 Å². The van der Waals surface area contributed by atoms with Crippen molar-refractivity contribution in [1.82, 2.24) is 0 Å². The average molecular weight is 291 g/mol. The average Bonchev–Trinajstić information content (AvgIpc) is 2.45. The minimum atomic E-state index is -0.495. The normalized spacial score (nSPS) is 10.3. The number of halogens is 1. The molecule has 0 atom stereocenters. The van der Waals surface area contributed by atoms with E-state index in [1.54, 1.807) is 24.3 Å². The van der Waals surface area contributed by atoms with Crippen molar-refractivity contribution < 1.29 is 14.2 Å². The van der Waals surface area contributed by atoms with Crippen LogP contribution in [-0.4, -0.2) is 10.1 Å². The predicted molar refractivity (Wildman–Crippen MR) is 79.0 cm³/mol. The molecule has 0 aliphatic carbocycles. The summed E-state index contributed by atoms with van der Waals surface area (Å²) >= 11 is 4.83. The second-order valence-corrected chi connectivity index (χ2v) is 4.68. The summed E-state index contributed by atoms with van der Waals surface area (Å²) in [5.74, 6) is -0.172. The molecule has 104 valence electrons. The van der Waals surface area contributed by atoms with E-state index in [0.717, 1.165) is 11.1 Å². The predicted octanol–water partition coefficient (Wildman–Crippen LogP) is 2.53. The fourth-order valence-corrected chi connectivity index (χ4v) is 1.96. The first-order valence-corrected chi connectivity index (χ1v) is 6.42. The number of nitrogens with two attached hydrogens (primary N) is 1. The van der Waals surface area contributed by atoms with E-state index in [9.17, 15) is 4.39 Å². The Morgan fingerprint density at radius 2 is 1.80 bits per heavy atom. The Balaban J connectivity index is 2.14. The van der Waals surface area contributed by atoms with Crippen molar-refractivity contribution in [3.8, 4) is 5.75 Å². The molecule has 3 nitrogen and oxygen atoms in total. The van der Waals surface area contributed by atoms with Crippen LogP contribution in [0.4, 0.5) is 4.39 Å². The molecule has 0 aromatic heterocycles. The standard InChI is InChI=1S/C15H14FNO2S/c16-12-2-1-3-13(14(12)15(17)20)19-9-11-6-4-10(8-18)5-7-11/h1-7,18H,8-9H2,(H2,17,20). The van der Waals surface area contributed by atoms with Crippen LogP contribution in [0.1, 0.15) is 16.7 Å². The summed E-state index contributed by atoms with van der Waals surface area (Å²) in [5, 5.41) is 8.96. The summed E-state index contributed by atoms with van der Waals surface area (Å²) in [6.07, 6.45) is 0. The Bertz CT molecular complexity index is 614. The van der Waals surface area contributed by atoms with Gasteiger partial charge in [0.15, 0.2) is 0 Å². The van der Waals surface area contributed by atoms with Crippen LogP contribution in [0, 0.1) is 5.82 Å². The van der Waals surface area contributed by atoms with Crippen LogP contribution in [0.3, 0.4) is 0 Å².